The second kappa shape index (κ2) is 6.27. The first-order valence-electron chi connectivity index (χ1n) is 6.46. The Morgan fingerprint density at radius 3 is 2.75 bits per heavy atom. The number of hydrogen-bond acceptors (Lipinski definition) is 4. The van der Waals surface area contributed by atoms with Gasteiger partial charge in [-0.3, -0.25) is 9.59 Å². The van der Waals surface area contributed by atoms with Crippen molar-refractivity contribution in [2.75, 3.05) is 6.61 Å². The third-order valence-electron chi connectivity index (χ3n) is 3.04. The van der Waals surface area contributed by atoms with Crippen LogP contribution in [0.1, 0.15) is 19.8 Å². The van der Waals surface area contributed by atoms with E-state index in [4.69, 9.17) is 14.6 Å². The zero-order valence-electron chi connectivity index (χ0n) is 11.2. The Morgan fingerprint density at radius 1 is 1.35 bits per heavy atom. The number of ether oxygens (including phenoxy) is 2. The average molecular weight is 279 g/mol. The molecule has 1 aliphatic rings. The summed E-state index contributed by atoms with van der Waals surface area (Å²) >= 11 is 0. The molecule has 0 spiro atoms. The third kappa shape index (κ3) is 3.63. The van der Waals surface area contributed by atoms with E-state index in [0.29, 0.717) is 18.1 Å². The monoisotopic (exact) mass is 279 g/mol. The van der Waals surface area contributed by atoms with Crippen LogP contribution in [0.15, 0.2) is 24.3 Å². The van der Waals surface area contributed by atoms with Gasteiger partial charge in [0.05, 0.1) is 12.5 Å². The van der Waals surface area contributed by atoms with Gasteiger partial charge in [-0.1, -0.05) is 12.1 Å². The first-order chi connectivity index (χ1) is 9.56. The number of carbonyl (C=O) groups is 2. The van der Waals surface area contributed by atoms with Crippen LogP contribution in [0.3, 0.4) is 0 Å². The molecule has 2 atom stereocenters. The normalized spacial score (nSPS) is 18.1. The van der Waals surface area contributed by atoms with Crippen molar-refractivity contribution in [3.05, 3.63) is 24.3 Å². The molecular weight excluding hydrogens is 262 g/mol. The number of carbonyl (C=O) groups excluding carboxylic acids is 1. The summed E-state index contributed by atoms with van der Waals surface area (Å²) in [5, 5.41) is 11.3. The van der Waals surface area contributed by atoms with Crippen molar-refractivity contribution in [3.63, 3.8) is 0 Å². The lowest BCUT2D eigenvalue weighted by Gasteiger charge is -2.30. The van der Waals surface area contributed by atoms with Crippen LogP contribution >= 0.6 is 0 Å². The third-order valence-corrected chi connectivity index (χ3v) is 3.04. The molecule has 0 fully saturated rings. The number of aliphatic carboxylic acids is 1. The topological polar surface area (TPSA) is 84.9 Å². The number of para-hydroxylation sites is 2. The molecular formula is C14H17NO5. The van der Waals surface area contributed by atoms with Gasteiger partial charge in [-0.15, -0.1) is 0 Å². The molecule has 1 amide bonds. The highest BCUT2D eigenvalue weighted by Gasteiger charge is 2.26. The summed E-state index contributed by atoms with van der Waals surface area (Å²) in [7, 11) is 0. The average Bonchev–Trinajstić information content (AvgIpc) is 2.44. The Kier molecular flexibility index (Phi) is 4.45. The number of rotatable bonds is 5. The minimum atomic E-state index is -0.987. The minimum Gasteiger partial charge on any atom is -0.486 e. The van der Waals surface area contributed by atoms with Gasteiger partial charge in [0.1, 0.15) is 6.61 Å². The van der Waals surface area contributed by atoms with Crippen LogP contribution in [-0.4, -0.2) is 35.7 Å². The Labute approximate surface area is 116 Å². The molecule has 0 unspecified atom stereocenters. The number of benzene rings is 1. The van der Waals surface area contributed by atoms with Crippen LogP contribution in [0.25, 0.3) is 0 Å². The number of carboxylic acids is 1. The summed E-state index contributed by atoms with van der Waals surface area (Å²) in [4.78, 5) is 22.0. The minimum absolute atomic E-state index is 0.0379. The molecule has 108 valence electrons. The van der Waals surface area contributed by atoms with Crippen LogP contribution in [0.4, 0.5) is 0 Å². The van der Waals surface area contributed by atoms with E-state index in [9.17, 15) is 9.59 Å². The first kappa shape index (κ1) is 14.2. The van der Waals surface area contributed by atoms with Crippen molar-refractivity contribution in [1.29, 1.82) is 0 Å². The maximum Gasteiger partial charge on any atom is 0.303 e. The smallest absolute Gasteiger partial charge is 0.303 e. The SMILES string of the molecule is C[C@H](NC(=O)CCC(=O)O)[C@@H]1COc2ccccc2O1. The highest BCUT2D eigenvalue weighted by molar-refractivity contribution is 5.80. The Balaban J connectivity index is 1.86. The molecule has 0 aliphatic carbocycles. The summed E-state index contributed by atoms with van der Waals surface area (Å²) in [5.41, 5.74) is 0. The van der Waals surface area contributed by atoms with Crippen LogP contribution in [0, 0.1) is 0 Å². The molecule has 1 aromatic carbocycles. The molecule has 0 saturated carbocycles. The number of amides is 1. The van der Waals surface area contributed by atoms with E-state index in [1.54, 1.807) is 13.0 Å². The highest BCUT2D eigenvalue weighted by Crippen LogP contribution is 2.31. The van der Waals surface area contributed by atoms with Crippen molar-refractivity contribution >= 4 is 11.9 Å². The summed E-state index contributed by atoms with van der Waals surface area (Å²) in [5.74, 6) is 0.0462. The van der Waals surface area contributed by atoms with Crippen molar-refractivity contribution in [1.82, 2.24) is 5.32 Å². The standard InChI is InChI=1S/C14H17NO5/c1-9(15-13(16)6-7-14(17)18)12-8-19-10-4-2-3-5-11(10)20-12/h2-5,9,12H,6-8H2,1H3,(H,15,16)(H,17,18)/t9-,12-/m0/s1. The van der Waals surface area contributed by atoms with E-state index in [2.05, 4.69) is 5.32 Å². The predicted molar refractivity (Wildman–Crippen MR) is 70.8 cm³/mol. The summed E-state index contributed by atoms with van der Waals surface area (Å²) in [6.45, 7) is 2.15. The first-order valence-corrected chi connectivity index (χ1v) is 6.46. The van der Waals surface area contributed by atoms with E-state index in [-0.39, 0.29) is 30.9 Å². The zero-order chi connectivity index (χ0) is 14.5. The van der Waals surface area contributed by atoms with Gasteiger partial charge < -0.3 is 19.9 Å². The molecule has 2 N–H and O–H groups in total. The zero-order valence-corrected chi connectivity index (χ0v) is 11.2. The second-order valence-corrected chi connectivity index (χ2v) is 4.66. The van der Waals surface area contributed by atoms with Crippen molar-refractivity contribution < 1.29 is 24.2 Å². The molecule has 1 heterocycles. The van der Waals surface area contributed by atoms with Crippen LogP contribution in [0.5, 0.6) is 11.5 Å². The maximum absolute atomic E-state index is 11.6. The van der Waals surface area contributed by atoms with Gasteiger partial charge in [0.25, 0.3) is 0 Å². The Bertz CT molecular complexity index is 502. The van der Waals surface area contributed by atoms with Gasteiger partial charge in [0.15, 0.2) is 17.6 Å². The van der Waals surface area contributed by atoms with Crippen LogP contribution < -0.4 is 14.8 Å². The Hall–Kier alpha value is -2.24. The molecule has 2 rings (SSSR count). The maximum atomic E-state index is 11.6. The molecule has 0 saturated heterocycles. The van der Waals surface area contributed by atoms with E-state index in [1.807, 2.05) is 18.2 Å². The van der Waals surface area contributed by atoms with Gasteiger partial charge in [-0.05, 0) is 19.1 Å². The molecule has 0 radical (unpaired) electrons. The van der Waals surface area contributed by atoms with E-state index in [1.165, 1.54) is 0 Å². The van der Waals surface area contributed by atoms with Gasteiger partial charge in [-0.25, -0.2) is 0 Å². The largest absolute Gasteiger partial charge is 0.486 e. The fraction of sp³-hybridized carbons (Fsp3) is 0.429. The molecule has 6 nitrogen and oxygen atoms in total. The molecule has 20 heavy (non-hydrogen) atoms. The number of fused-ring (bicyclic) bond motifs is 1. The summed E-state index contributed by atoms with van der Waals surface area (Å²) in [6, 6.07) is 7.08. The van der Waals surface area contributed by atoms with Crippen molar-refractivity contribution in [3.8, 4) is 11.5 Å². The lowest BCUT2D eigenvalue weighted by atomic mass is 10.1. The van der Waals surface area contributed by atoms with E-state index in [0.717, 1.165) is 0 Å². The number of carboxylic acid groups (broad SMARTS) is 1. The number of hydrogen-bond donors (Lipinski definition) is 2. The molecule has 1 aliphatic heterocycles. The quantitative estimate of drug-likeness (QED) is 0.846. The summed E-state index contributed by atoms with van der Waals surface area (Å²) in [6.07, 6.45) is -0.508. The second-order valence-electron chi connectivity index (χ2n) is 4.66. The molecule has 6 heteroatoms. The predicted octanol–water partition coefficient (Wildman–Crippen LogP) is 1.20. The van der Waals surface area contributed by atoms with Crippen molar-refractivity contribution in [2.24, 2.45) is 0 Å². The summed E-state index contributed by atoms with van der Waals surface area (Å²) < 4.78 is 11.3. The lowest BCUT2D eigenvalue weighted by molar-refractivity contribution is -0.139. The van der Waals surface area contributed by atoms with Gasteiger partial charge in [-0.2, -0.15) is 0 Å². The Morgan fingerprint density at radius 2 is 2.05 bits per heavy atom. The highest BCUT2D eigenvalue weighted by atomic mass is 16.6. The van der Waals surface area contributed by atoms with Crippen molar-refractivity contribution in [2.45, 2.75) is 31.9 Å². The van der Waals surface area contributed by atoms with E-state index >= 15 is 0 Å². The molecule has 0 bridgehead atoms. The number of nitrogens with one attached hydrogen (secondary N) is 1. The van der Waals surface area contributed by atoms with E-state index < -0.39 is 5.97 Å². The van der Waals surface area contributed by atoms with Gasteiger partial charge in [0, 0.05) is 6.42 Å². The lowest BCUT2D eigenvalue weighted by Crippen LogP contribution is -2.48. The molecule has 0 aromatic heterocycles. The van der Waals surface area contributed by atoms with Crippen LogP contribution in [-0.2, 0) is 9.59 Å². The molecule has 1 aromatic rings. The van der Waals surface area contributed by atoms with Crippen LogP contribution in [0.2, 0.25) is 0 Å². The van der Waals surface area contributed by atoms with Gasteiger partial charge in [0.2, 0.25) is 5.91 Å². The fourth-order valence-corrected chi connectivity index (χ4v) is 1.92. The van der Waals surface area contributed by atoms with Gasteiger partial charge >= 0.3 is 5.97 Å². The fourth-order valence-electron chi connectivity index (χ4n) is 1.92.